The number of sulfone groups is 1. The van der Waals surface area contributed by atoms with Gasteiger partial charge in [0.15, 0.2) is 5.96 Å². The summed E-state index contributed by atoms with van der Waals surface area (Å²) in [7, 11) is -1.08. The molecule has 1 aliphatic heterocycles. The van der Waals surface area contributed by atoms with E-state index < -0.39 is 9.84 Å². The smallest absolute Gasteiger partial charge is 0.193 e. The van der Waals surface area contributed by atoms with Gasteiger partial charge in [0, 0.05) is 32.9 Å². The molecule has 1 aliphatic rings. The minimum absolute atomic E-state index is 0. The van der Waals surface area contributed by atoms with Gasteiger partial charge in [-0.15, -0.1) is 24.0 Å². The van der Waals surface area contributed by atoms with Gasteiger partial charge in [0.2, 0.25) is 0 Å². The molecule has 102 valence electrons. The number of guanidine groups is 1. The fourth-order valence-corrected chi connectivity index (χ4v) is 2.46. The summed E-state index contributed by atoms with van der Waals surface area (Å²) in [6.45, 7) is 2.76. The summed E-state index contributed by atoms with van der Waals surface area (Å²) in [5.74, 6) is 1.13. The van der Waals surface area contributed by atoms with E-state index in [4.69, 9.17) is 0 Å². The second kappa shape index (κ2) is 8.12. The number of hydrogen-bond donors (Lipinski definition) is 1. The highest BCUT2D eigenvalue weighted by Crippen LogP contribution is 2.06. The highest BCUT2D eigenvalue weighted by Gasteiger charge is 2.15. The summed E-state index contributed by atoms with van der Waals surface area (Å²) in [5, 5.41) is 3.20. The van der Waals surface area contributed by atoms with Crippen molar-refractivity contribution < 1.29 is 8.42 Å². The van der Waals surface area contributed by atoms with Gasteiger partial charge in [-0.3, -0.25) is 4.99 Å². The van der Waals surface area contributed by atoms with E-state index in [2.05, 4.69) is 15.2 Å². The van der Waals surface area contributed by atoms with Crippen molar-refractivity contribution in [1.82, 2.24) is 10.2 Å². The van der Waals surface area contributed by atoms with Crippen molar-refractivity contribution in [1.29, 1.82) is 0 Å². The number of nitrogens with one attached hydrogen (secondary N) is 1. The average molecular weight is 375 g/mol. The first-order valence-corrected chi connectivity index (χ1v) is 7.72. The number of hydrogen-bond acceptors (Lipinski definition) is 3. The van der Waals surface area contributed by atoms with Crippen LogP contribution in [0.4, 0.5) is 0 Å². The summed E-state index contributed by atoms with van der Waals surface area (Å²) >= 11 is 0. The van der Waals surface area contributed by atoms with Crippen LogP contribution in [0.3, 0.4) is 0 Å². The normalized spacial score (nSPS) is 16.8. The first kappa shape index (κ1) is 16.9. The van der Waals surface area contributed by atoms with Gasteiger partial charge in [-0.2, -0.15) is 0 Å². The monoisotopic (exact) mass is 375 g/mol. The molecule has 0 spiro atoms. The zero-order valence-corrected chi connectivity index (χ0v) is 13.6. The van der Waals surface area contributed by atoms with E-state index in [1.165, 1.54) is 19.1 Å². The molecule has 0 atom stereocenters. The Balaban J connectivity index is 0.00000256. The Bertz CT molecular complexity index is 337. The zero-order chi connectivity index (χ0) is 12.0. The Kier molecular flexibility index (Phi) is 8.10. The van der Waals surface area contributed by atoms with Crippen molar-refractivity contribution in [3.8, 4) is 0 Å². The number of aliphatic imine (C=N–C) groups is 1. The van der Waals surface area contributed by atoms with Crippen LogP contribution in [0.1, 0.15) is 19.3 Å². The predicted molar refractivity (Wildman–Crippen MR) is 81.9 cm³/mol. The van der Waals surface area contributed by atoms with Gasteiger partial charge < -0.3 is 10.2 Å². The van der Waals surface area contributed by atoms with E-state index in [1.807, 2.05) is 0 Å². The van der Waals surface area contributed by atoms with E-state index in [9.17, 15) is 8.42 Å². The van der Waals surface area contributed by atoms with E-state index >= 15 is 0 Å². The van der Waals surface area contributed by atoms with Gasteiger partial charge in [-0.25, -0.2) is 8.42 Å². The lowest BCUT2D eigenvalue weighted by Crippen LogP contribution is -2.40. The molecule has 0 aromatic heterocycles. The molecule has 0 bridgehead atoms. The highest BCUT2D eigenvalue weighted by molar-refractivity contribution is 14.0. The van der Waals surface area contributed by atoms with Crippen LogP contribution in [0.25, 0.3) is 0 Å². The third-order valence-electron chi connectivity index (χ3n) is 2.59. The van der Waals surface area contributed by atoms with Crippen LogP contribution in [-0.4, -0.2) is 58.0 Å². The second-order valence-corrected chi connectivity index (χ2v) is 6.41. The molecule has 7 heteroatoms. The van der Waals surface area contributed by atoms with Crippen molar-refractivity contribution in [3.05, 3.63) is 0 Å². The van der Waals surface area contributed by atoms with E-state index in [-0.39, 0.29) is 29.7 Å². The predicted octanol–water partition coefficient (Wildman–Crippen LogP) is 0.710. The lowest BCUT2D eigenvalue weighted by atomic mass is 10.4. The molecule has 1 saturated heterocycles. The molecule has 0 aromatic rings. The molecule has 1 N–H and O–H groups in total. The number of likely N-dealkylation sites (tertiary alicyclic amines) is 1. The quantitative estimate of drug-likeness (QED) is 0.340. The first-order valence-electron chi connectivity index (χ1n) is 5.66. The fraction of sp³-hybridized carbons (Fsp3) is 0.900. The van der Waals surface area contributed by atoms with Gasteiger partial charge in [-0.05, 0) is 19.3 Å². The van der Waals surface area contributed by atoms with Crippen LogP contribution in [0.5, 0.6) is 0 Å². The number of halogens is 1. The molecule has 0 amide bonds. The Morgan fingerprint density at radius 2 is 1.94 bits per heavy atom. The second-order valence-electron chi connectivity index (χ2n) is 4.15. The molecule has 0 saturated carbocycles. The maximum Gasteiger partial charge on any atom is 0.193 e. The van der Waals surface area contributed by atoms with Gasteiger partial charge in [0.25, 0.3) is 0 Å². The maximum atomic E-state index is 10.9. The number of rotatable bonds is 4. The molecule has 1 fully saturated rings. The van der Waals surface area contributed by atoms with Crippen LogP contribution >= 0.6 is 24.0 Å². The summed E-state index contributed by atoms with van der Waals surface area (Å²) in [6, 6.07) is 0. The van der Waals surface area contributed by atoms with Crippen LogP contribution < -0.4 is 5.32 Å². The van der Waals surface area contributed by atoms with E-state index in [1.54, 1.807) is 7.05 Å². The van der Waals surface area contributed by atoms with Crippen molar-refractivity contribution in [3.63, 3.8) is 0 Å². The van der Waals surface area contributed by atoms with Crippen molar-refractivity contribution >= 4 is 39.8 Å². The molecule has 0 aromatic carbocycles. The standard InChI is InChI=1S/C10H21N3O2S.HI/c1-11-10(13-7-3-4-8-13)12-6-5-9-16(2,14)15;/h3-9H2,1-2H3,(H,11,12);1H. The first-order chi connectivity index (χ1) is 7.53. The Morgan fingerprint density at radius 1 is 1.35 bits per heavy atom. The Morgan fingerprint density at radius 3 is 2.41 bits per heavy atom. The minimum Gasteiger partial charge on any atom is -0.356 e. The van der Waals surface area contributed by atoms with E-state index in [0.29, 0.717) is 13.0 Å². The van der Waals surface area contributed by atoms with Gasteiger partial charge >= 0.3 is 0 Å². The van der Waals surface area contributed by atoms with Gasteiger partial charge in [0.05, 0.1) is 5.75 Å². The van der Waals surface area contributed by atoms with Crippen LogP contribution in [0, 0.1) is 0 Å². The minimum atomic E-state index is -2.84. The zero-order valence-electron chi connectivity index (χ0n) is 10.5. The highest BCUT2D eigenvalue weighted by atomic mass is 127. The summed E-state index contributed by atoms with van der Waals surface area (Å²) in [6.07, 6.45) is 4.32. The van der Waals surface area contributed by atoms with Gasteiger partial charge in [0.1, 0.15) is 9.84 Å². The molecule has 5 nitrogen and oxygen atoms in total. The molecule has 0 unspecified atom stereocenters. The van der Waals surface area contributed by atoms with Crippen molar-refractivity contribution in [2.24, 2.45) is 4.99 Å². The lowest BCUT2D eigenvalue weighted by Gasteiger charge is -2.20. The van der Waals surface area contributed by atoms with E-state index in [0.717, 1.165) is 19.0 Å². The third-order valence-corrected chi connectivity index (χ3v) is 3.62. The molecule has 1 heterocycles. The van der Waals surface area contributed by atoms with Crippen LogP contribution in [0.15, 0.2) is 4.99 Å². The Labute approximate surface area is 121 Å². The van der Waals surface area contributed by atoms with Gasteiger partial charge in [-0.1, -0.05) is 0 Å². The summed E-state index contributed by atoms with van der Waals surface area (Å²) in [5.41, 5.74) is 0. The Hall–Kier alpha value is -0.0500. The largest absolute Gasteiger partial charge is 0.356 e. The molecule has 0 aliphatic carbocycles. The lowest BCUT2D eigenvalue weighted by molar-refractivity contribution is 0.493. The maximum absolute atomic E-state index is 10.9. The topological polar surface area (TPSA) is 61.8 Å². The van der Waals surface area contributed by atoms with Crippen LogP contribution in [0.2, 0.25) is 0 Å². The number of nitrogens with zero attached hydrogens (tertiary/aromatic N) is 2. The molecule has 17 heavy (non-hydrogen) atoms. The SMILES string of the molecule is CN=C(NCCCS(C)(=O)=O)N1CCCC1.I. The molecular formula is C10H22IN3O2S. The van der Waals surface area contributed by atoms with Crippen molar-refractivity contribution in [2.45, 2.75) is 19.3 Å². The summed E-state index contributed by atoms with van der Waals surface area (Å²) < 4.78 is 21.9. The molecular weight excluding hydrogens is 353 g/mol. The molecule has 1 rings (SSSR count). The third kappa shape index (κ3) is 7.07. The van der Waals surface area contributed by atoms with Crippen molar-refractivity contribution in [2.75, 3.05) is 38.7 Å². The van der Waals surface area contributed by atoms with Crippen LogP contribution in [-0.2, 0) is 9.84 Å². The molecule has 0 radical (unpaired) electrons. The fourth-order valence-electron chi connectivity index (χ4n) is 1.80. The average Bonchev–Trinajstić information content (AvgIpc) is 2.69. The summed E-state index contributed by atoms with van der Waals surface area (Å²) in [4.78, 5) is 6.39.